The molecular formula is C19H20O2. The van der Waals surface area contributed by atoms with Gasteiger partial charge in [-0.1, -0.05) is 12.2 Å². The topological polar surface area (TPSA) is 29.5 Å². The van der Waals surface area contributed by atoms with Crippen LogP contribution < -0.4 is 4.74 Å². The first-order valence-corrected chi connectivity index (χ1v) is 7.82. The van der Waals surface area contributed by atoms with Crippen LogP contribution in [0.25, 0.3) is 11.1 Å². The van der Waals surface area contributed by atoms with Crippen molar-refractivity contribution < 1.29 is 9.84 Å². The van der Waals surface area contributed by atoms with Crippen LogP contribution in [0.4, 0.5) is 0 Å². The molecule has 0 saturated heterocycles. The van der Waals surface area contributed by atoms with Gasteiger partial charge in [-0.15, -0.1) is 0 Å². The zero-order valence-electron chi connectivity index (χ0n) is 12.4. The van der Waals surface area contributed by atoms with E-state index < -0.39 is 6.29 Å². The van der Waals surface area contributed by atoms with Crippen LogP contribution in [-0.4, -0.2) is 11.4 Å². The molecule has 0 aromatic heterocycles. The van der Waals surface area contributed by atoms with Crippen molar-refractivity contribution in [2.75, 3.05) is 0 Å². The lowest BCUT2D eigenvalue weighted by atomic mass is 9.87. The van der Waals surface area contributed by atoms with Gasteiger partial charge in [-0.3, -0.25) is 0 Å². The third-order valence-electron chi connectivity index (χ3n) is 4.76. The summed E-state index contributed by atoms with van der Waals surface area (Å²) in [5.74, 6) is 0.830. The number of benzene rings is 1. The quantitative estimate of drug-likeness (QED) is 0.770. The monoisotopic (exact) mass is 280 g/mol. The number of aliphatic hydroxyl groups excluding tert-OH is 1. The SMILES string of the molecule is CC1=CC(O)Oc2cc3c(cc21)C1=C(C=CCC1)CCC3. The zero-order chi connectivity index (χ0) is 14.4. The Morgan fingerprint density at radius 1 is 1.14 bits per heavy atom. The zero-order valence-corrected chi connectivity index (χ0v) is 12.4. The highest BCUT2D eigenvalue weighted by Gasteiger charge is 2.23. The number of ether oxygens (including phenoxy) is 1. The van der Waals surface area contributed by atoms with Crippen LogP contribution in [0.5, 0.6) is 5.75 Å². The van der Waals surface area contributed by atoms with Crippen LogP contribution in [-0.2, 0) is 6.42 Å². The molecule has 2 nitrogen and oxygen atoms in total. The molecule has 0 bridgehead atoms. The summed E-state index contributed by atoms with van der Waals surface area (Å²) in [5.41, 5.74) is 8.03. The summed E-state index contributed by atoms with van der Waals surface area (Å²) in [6.07, 6.45) is 11.3. The van der Waals surface area contributed by atoms with E-state index in [0.717, 1.165) is 36.1 Å². The van der Waals surface area contributed by atoms with E-state index in [9.17, 15) is 5.11 Å². The van der Waals surface area contributed by atoms with E-state index in [1.807, 2.05) is 6.92 Å². The molecule has 0 radical (unpaired) electrons. The number of hydrogen-bond acceptors (Lipinski definition) is 2. The van der Waals surface area contributed by atoms with Crippen molar-refractivity contribution in [3.63, 3.8) is 0 Å². The van der Waals surface area contributed by atoms with Gasteiger partial charge >= 0.3 is 0 Å². The Morgan fingerprint density at radius 2 is 2.05 bits per heavy atom. The van der Waals surface area contributed by atoms with Crippen LogP contribution in [0.3, 0.4) is 0 Å². The minimum absolute atomic E-state index is 0.811. The first-order valence-electron chi connectivity index (χ1n) is 7.82. The van der Waals surface area contributed by atoms with Crippen LogP contribution in [0.15, 0.2) is 35.9 Å². The highest BCUT2D eigenvalue weighted by molar-refractivity contribution is 5.81. The fourth-order valence-corrected chi connectivity index (χ4v) is 3.71. The highest BCUT2D eigenvalue weighted by Crippen LogP contribution is 2.41. The second-order valence-corrected chi connectivity index (χ2v) is 6.16. The summed E-state index contributed by atoms with van der Waals surface area (Å²) in [5, 5.41) is 9.76. The molecule has 1 heterocycles. The van der Waals surface area contributed by atoms with Gasteiger partial charge in [0.2, 0.25) is 6.29 Å². The minimum Gasteiger partial charge on any atom is -0.461 e. The van der Waals surface area contributed by atoms with E-state index in [0.29, 0.717) is 0 Å². The Balaban J connectivity index is 1.91. The van der Waals surface area contributed by atoms with Gasteiger partial charge in [0.1, 0.15) is 5.75 Å². The fraction of sp³-hybridized carbons (Fsp3) is 0.368. The molecule has 0 fully saturated rings. The number of rotatable bonds is 0. The van der Waals surface area contributed by atoms with Gasteiger partial charge < -0.3 is 9.84 Å². The number of fused-ring (bicyclic) bond motifs is 3. The Labute approximate surface area is 125 Å². The molecule has 2 heteroatoms. The normalized spacial score (nSPS) is 23.5. The van der Waals surface area contributed by atoms with Crippen molar-refractivity contribution in [1.29, 1.82) is 0 Å². The summed E-state index contributed by atoms with van der Waals surface area (Å²) in [6.45, 7) is 2.05. The smallest absolute Gasteiger partial charge is 0.217 e. The van der Waals surface area contributed by atoms with E-state index in [2.05, 4.69) is 24.3 Å². The fourth-order valence-electron chi connectivity index (χ4n) is 3.71. The van der Waals surface area contributed by atoms with E-state index in [-0.39, 0.29) is 0 Å². The average molecular weight is 280 g/mol. The van der Waals surface area contributed by atoms with Gasteiger partial charge in [-0.05, 0) is 85.1 Å². The summed E-state index contributed by atoms with van der Waals surface area (Å²) in [6, 6.07) is 4.43. The standard InChI is InChI=1S/C19H20O2/c1-12-9-19(20)21-18-10-14-7-4-6-13-5-2-3-8-15(13)17(14)11-16(12)18/h2,5,9-11,19-20H,3-4,6-8H2,1H3. The lowest BCUT2D eigenvalue weighted by Gasteiger charge is -2.24. The van der Waals surface area contributed by atoms with E-state index in [1.54, 1.807) is 6.08 Å². The molecular weight excluding hydrogens is 260 g/mol. The molecule has 1 atom stereocenters. The van der Waals surface area contributed by atoms with E-state index >= 15 is 0 Å². The Hall–Kier alpha value is -1.80. The Bertz CT molecular complexity index is 692. The van der Waals surface area contributed by atoms with Crippen LogP contribution in [0.1, 0.15) is 49.3 Å². The summed E-state index contributed by atoms with van der Waals surface area (Å²) < 4.78 is 5.59. The maximum atomic E-state index is 9.76. The first-order chi connectivity index (χ1) is 10.2. The van der Waals surface area contributed by atoms with Crippen molar-refractivity contribution in [3.8, 4) is 5.75 Å². The van der Waals surface area contributed by atoms with E-state index in [4.69, 9.17) is 4.74 Å². The molecule has 0 saturated carbocycles. The molecule has 3 aliphatic rings. The molecule has 1 aromatic carbocycles. The third-order valence-corrected chi connectivity index (χ3v) is 4.76. The van der Waals surface area contributed by atoms with Gasteiger partial charge in [0.05, 0.1) is 0 Å². The minimum atomic E-state index is -0.811. The molecule has 108 valence electrons. The molecule has 1 aliphatic heterocycles. The molecule has 4 rings (SSSR count). The lowest BCUT2D eigenvalue weighted by molar-refractivity contribution is 0.0224. The van der Waals surface area contributed by atoms with Crippen LogP contribution in [0.2, 0.25) is 0 Å². The van der Waals surface area contributed by atoms with Gasteiger partial charge in [-0.2, -0.15) is 0 Å². The lowest BCUT2D eigenvalue weighted by Crippen LogP contribution is -2.17. The predicted octanol–water partition coefficient (Wildman–Crippen LogP) is 4.24. The van der Waals surface area contributed by atoms with Gasteiger partial charge in [0.15, 0.2) is 0 Å². The maximum Gasteiger partial charge on any atom is 0.217 e. The maximum absolute atomic E-state index is 9.76. The van der Waals surface area contributed by atoms with Crippen LogP contribution in [0, 0.1) is 0 Å². The second kappa shape index (κ2) is 4.88. The molecule has 1 N–H and O–H groups in total. The molecule has 1 aromatic rings. The summed E-state index contributed by atoms with van der Waals surface area (Å²) >= 11 is 0. The van der Waals surface area contributed by atoms with Crippen molar-refractivity contribution in [2.24, 2.45) is 0 Å². The predicted molar refractivity (Wildman–Crippen MR) is 85.0 cm³/mol. The number of aliphatic hydroxyl groups is 1. The van der Waals surface area contributed by atoms with Crippen molar-refractivity contribution in [2.45, 2.75) is 45.3 Å². The molecule has 0 amide bonds. The third kappa shape index (κ3) is 2.14. The molecule has 0 spiro atoms. The van der Waals surface area contributed by atoms with Gasteiger partial charge in [0.25, 0.3) is 0 Å². The second-order valence-electron chi connectivity index (χ2n) is 6.16. The number of aryl methyl sites for hydroxylation is 1. The summed E-state index contributed by atoms with van der Waals surface area (Å²) in [7, 11) is 0. The largest absolute Gasteiger partial charge is 0.461 e. The molecule has 1 unspecified atom stereocenters. The average Bonchev–Trinajstić information content (AvgIpc) is 2.64. The highest BCUT2D eigenvalue weighted by atomic mass is 16.6. The van der Waals surface area contributed by atoms with Crippen molar-refractivity contribution in [1.82, 2.24) is 0 Å². The molecule has 21 heavy (non-hydrogen) atoms. The summed E-state index contributed by atoms with van der Waals surface area (Å²) in [4.78, 5) is 0. The first kappa shape index (κ1) is 12.9. The van der Waals surface area contributed by atoms with E-state index in [1.165, 1.54) is 35.1 Å². The molecule has 2 aliphatic carbocycles. The Kier molecular flexibility index (Phi) is 3.00. The van der Waals surface area contributed by atoms with Crippen molar-refractivity contribution in [3.05, 3.63) is 52.6 Å². The van der Waals surface area contributed by atoms with Gasteiger partial charge in [-0.25, -0.2) is 0 Å². The van der Waals surface area contributed by atoms with Crippen LogP contribution >= 0.6 is 0 Å². The van der Waals surface area contributed by atoms with Crippen molar-refractivity contribution >= 4 is 11.1 Å². The van der Waals surface area contributed by atoms with Gasteiger partial charge in [0, 0.05) is 5.56 Å². The number of hydrogen-bond donors (Lipinski definition) is 1. The number of allylic oxidation sites excluding steroid dienone is 5. The Morgan fingerprint density at radius 3 is 2.95 bits per heavy atom.